The normalized spacial score (nSPS) is 13.5. The number of hydrogen-bond acceptors (Lipinski definition) is 2. The van der Waals surface area contributed by atoms with Crippen LogP contribution in [0.3, 0.4) is 0 Å². The predicted octanol–water partition coefficient (Wildman–Crippen LogP) is 2.90. The summed E-state index contributed by atoms with van der Waals surface area (Å²) in [5, 5.41) is 0. The van der Waals surface area contributed by atoms with Crippen molar-refractivity contribution in [1.29, 1.82) is 0 Å². The minimum absolute atomic E-state index is 0.386. The molecule has 62 valence electrons. The average Bonchev–Trinajstić information content (AvgIpc) is 1.89. The highest BCUT2D eigenvalue weighted by Gasteiger charge is 1.98. The van der Waals surface area contributed by atoms with E-state index in [2.05, 4.69) is 13.8 Å². The minimum atomic E-state index is 0.386. The molecule has 1 unspecified atom stereocenters. The van der Waals surface area contributed by atoms with Crippen LogP contribution in [-0.2, 0) is 4.74 Å². The monoisotopic (exact) mass is 162 g/mol. The quantitative estimate of drug-likeness (QED) is 0.439. The van der Waals surface area contributed by atoms with Crippen molar-refractivity contribution in [1.82, 2.24) is 0 Å². The fourth-order valence-electron chi connectivity index (χ4n) is 0.676. The van der Waals surface area contributed by atoms with Crippen LogP contribution in [0.2, 0.25) is 0 Å². The van der Waals surface area contributed by atoms with Crippen LogP contribution < -0.4 is 0 Å². The van der Waals surface area contributed by atoms with Crippen molar-refractivity contribution < 1.29 is 4.74 Å². The van der Waals surface area contributed by atoms with Gasteiger partial charge in [-0.05, 0) is 26.0 Å². The molecule has 0 N–H and O–H groups in total. The van der Waals surface area contributed by atoms with Crippen LogP contribution in [0.25, 0.3) is 0 Å². The lowest BCUT2D eigenvalue weighted by molar-refractivity contribution is 0.137. The lowest BCUT2D eigenvalue weighted by atomic mass is 10.4. The lowest BCUT2D eigenvalue weighted by Crippen LogP contribution is -2.03. The van der Waals surface area contributed by atoms with Crippen molar-refractivity contribution in [3.8, 4) is 0 Å². The number of ether oxygens (including phenoxy) is 1. The summed E-state index contributed by atoms with van der Waals surface area (Å²) in [5.74, 6) is 1.23. The van der Waals surface area contributed by atoms with Crippen molar-refractivity contribution in [2.24, 2.45) is 0 Å². The summed E-state index contributed by atoms with van der Waals surface area (Å²) in [4.78, 5) is 0. The van der Waals surface area contributed by atoms with Gasteiger partial charge in [-0.3, -0.25) is 0 Å². The number of rotatable bonds is 6. The summed E-state index contributed by atoms with van der Waals surface area (Å²) in [5.41, 5.74) is 0.386. The van der Waals surface area contributed by atoms with Crippen LogP contribution in [0.1, 0.15) is 33.6 Å². The van der Waals surface area contributed by atoms with Gasteiger partial charge in [0.25, 0.3) is 0 Å². The first-order valence-corrected chi connectivity index (χ1v) is 5.09. The predicted molar refractivity (Wildman–Crippen MR) is 48.5 cm³/mol. The van der Waals surface area contributed by atoms with E-state index < -0.39 is 0 Å². The molecule has 0 saturated heterocycles. The van der Waals surface area contributed by atoms with Gasteiger partial charge in [-0.15, -0.1) is 11.8 Å². The molecular formula is C8H18OS. The first-order valence-electron chi connectivity index (χ1n) is 4.04. The molecular weight excluding hydrogens is 144 g/mol. The highest BCUT2D eigenvalue weighted by molar-refractivity contribution is 7.99. The molecule has 1 nitrogen and oxygen atoms in total. The van der Waals surface area contributed by atoms with E-state index in [9.17, 15) is 0 Å². The minimum Gasteiger partial charge on any atom is -0.368 e. The van der Waals surface area contributed by atoms with Crippen molar-refractivity contribution in [3.63, 3.8) is 0 Å². The Morgan fingerprint density at radius 2 is 2.10 bits per heavy atom. The Kier molecular flexibility index (Phi) is 7.65. The Morgan fingerprint density at radius 3 is 2.60 bits per heavy atom. The molecule has 0 aliphatic rings. The van der Waals surface area contributed by atoms with Crippen molar-refractivity contribution in [3.05, 3.63) is 0 Å². The zero-order chi connectivity index (χ0) is 7.82. The maximum atomic E-state index is 5.35. The molecule has 0 aliphatic carbocycles. The molecule has 0 amide bonds. The zero-order valence-corrected chi connectivity index (χ0v) is 8.04. The fraction of sp³-hybridized carbons (Fsp3) is 1.00. The molecule has 10 heavy (non-hydrogen) atoms. The molecule has 0 aromatic rings. The van der Waals surface area contributed by atoms with E-state index in [1.165, 1.54) is 18.6 Å². The van der Waals surface area contributed by atoms with Gasteiger partial charge >= 0.3 is 0 Å². The maximum absolute atomic E-state index is 5.35. The number of unbranched alkanes of at least 4 members (excludes halogenated alkanes) is 1. The third-order valence-corrected chi connectivity index (χ3v) is 2.38. The second-order valence-electron chi connectivity index (χ2n) is 2.25. The van der Waals surface area contributed by atoms with Crippen LogP contribution >= 0.6 is 11.8 Å². The third kappa shape index (κ3) is 6.43. The molecule has 0 rings (SSSR count). The Hall–Kier alpha value is 0.310. The van der Waals surface area contributed by atoms with Gasteiger partial charge in [0.1, 0.15) is 0 Å². The first-order chi connectivity index (χ1) is 4.81. The third-order valence-electron chi connectivity index (χ3n) is 1.25. The first kappa shape index (κ1) is 10.3. The highest BCUT2D eigenvalue weighted by Crippen LogP contribution is 2.12. The van der Waals surface area contributed by atoms with E-state index in [-0.39, 0.29) is 0 Å². The molecule has 0 spiro atoms. The van der Waals surface area contributed by atoms with E-state index >= 15 is 0 Å². The second-order valence-corrected chi connectivity index (χ2v) is 3.65. The average molecular weight is 162 g/mol. The summed E-state index contributed by atoms with van der Waals surface area (Å²) < 4.78 is 5.35. The van der Waals surface area contributed by atoms with Gasteiger partial charge in [0.2, 0.25) is 0 Å². The molecule has 0 bridgehead atoms. The number of thioether (sulfide) groups is 1. The Balaban J connectivity index is 2.97. The van der Waals surface area contributed by atoms with Gasteiger partial charge in [-0.1, -0.05) is 13.3 Å². The van der Waals surface area contributed by atoms with Crippen molar-refractivity contribution in [2.75, 3.05) is 12.4 Å². The van der Waals surface area contributed by atoms with E-state index in [1.54, 1.807) is 0 Å². The smallest absolute Gasteiger partial charge is 0.0999 e. The number of hydrogen-bond donors (Lipinski definition) is 0. The summed E-state index contributed by atoms with van der Waals surface area (Å²) in [6.45, 7) is 7.20. The molecule has 0 radical (unpaired) electrons. The summed E-state index contributed by atoms with van der Waals surface area (Å²) in [6, 6.07) is 0. The molecule has 1 atom stereocenters. The zero-order valence-electron chi connectivity index (χ0n) is 7.22. The summed E-state index contributed by atoms with van der Waals surface area (Å²) in [6.07, 6.45) is 2.59. The standard InChI is InChI=1S/C8H18OS/c1-4-6-7-10-8(3)9-5-2/h8H,4-7H2,1-3H3. The van der Waals surface area contributed by atoms with Gasteiger partial charge in [0.05, 0.1) is 5.44 Å². The molecule has 2 heteroatoms. The second kappa shape index (κ2) is 7.42. The Bertz CT molecular complexity index is 66.3. The molecule has 0 saturated carbocycles. The lowest BCUT2D eigenvalue weighted by Gasteiger charge is -2.09. The molecule has 0 aliphatic heterocycles. The van der Waals surface area contributed by atoms with E-state index in [4.69, 9.17) is 4.74 Å². The molecule has 0 fully saturated rings. The van der Waals surface area contributed by atoms with E-state index in [0.29, 0.717) is 5.44 Å². The largest absolute Gasteiger partial charge is 0.368 e. The summed E-state index contributed by atoms with van der Waals surface area (Å²) in [7, 11) is 0. The molecule has 0 heterocycles. The SMILES string of the molecule is CCCCSC(C)OCC. The fourth-order valence-corrected chi connectivity index (χ4v) is 1.70. The topological polar surface area (TPSA) is 9.23 Å². The van der Waals surface area contributed by atoms with Crippen LogP contribution in [0.5, 0.6) is 0 Å². The highest BCUT2D eigenvalue weighted by atomic mass is 32.2. The van der Waals surface area contributed by atoms with Gasteiger partial charge in [0.15, 0.2) is 0 Å². The maximum Gasteiger partial charge on any atom is 0.0999 e. The van der Waals surface area contributed by atoms with Crippen molar-refractivity contribution in [2.45, 2.75) is 39.0 Å². The van der Waals surface area contributed by atoms with E-state index in [0.717, 1.165) is 6.61 Å². The van der Waals surface area contributed by atoms with E-state index in [1.807, 2.05) is 18.7 Å². The van der Waals surface area contributed by atoms with Crippen LogP contribution in [0.15, 0.2) is 0 Å². The Morgan fingerprint density at radius 1 is 1.40 bits per heavy atom. The van der Waals surface area contributed by atoms with Gasteiger partial charge in [0, 0.05) is 6.61 Å². The molecule has 0 aromatic heterocycles. The van der Waals surface area contributed by atoms with Gasteiger partial charge in [-0.2, -0.15) is 0 Å². The van der Waals surface area contributed by atoms with Gasteiger partial charge < -0.3 is 4.74 Å². The molecule has 0 aromatic carbocycles. The van der Waals surface area contributed by atoms with Crippen LogP contribution in [0.4, 0.5) is 0 Å². The van der Waals surface area contributed by atoms with Crippen LogP contribution in [-0.4, -0.2) is 17.8 Å². The summed E-state index contributed by atoms with van der Waals surface area (Å²) >= 11 is 1.90. The Labute approximate surface area is 68.5 Å². The van der Waals surface area contributed by atoms with Gasteiger partial charge in [-0.25, -0.2) is 0 Å². The van der Waals surface area contributed by atoms with Crippen LogP contribution in [0, 0.1) is 0 Å². The van der Waals surface area contributed by atoms with Crippen molar-refractivity contribution >= 4 is 11.8 Å².